The average Bonchev–Trinajstić information content (AvgIpc) is 2.89. The van der Waals surface area contributed by atoms with Crippen molar-refractivity contribution in [2.75, 3.05) is 26.7 Å². The molecule has 0 amide bonds. The molecule has 2 N–H and O–H groups in total. The lowest BCUT2D eigenvalue weighted by molar-refractivity contribution is 0.398. The zero-order valence-electron chi connectivity index (χ0n) is 9.31. The number of H-pyrrole nitrogens is 1. The van der Waals surface area contributed by atoms with E-state index in [-0.39, 0.29) is 5.03 Å². The van der Waals surface area contributed by atoms with Gasteiger partial charge in [-0.2, -0.15) is 4.31 Å². The third-order valence-electron chi connectivity index (χ3n) is 2.94. The fourth-order valence-electron chi connectivity index (χ4n) is 1.97. The van der Waals surface area contributed by atoms with E-state index in [0.29, 0.717) is 12.5 Å². The third-order valence-corrected chi connectivity index (χ3v) is 4.71. The standard InChI is InChI=1S/C10H17N3O2S/c1-13(8-9-4-6-11-7-9)16(14,15)10-3-2-5-12-10/h2-3,5,9,11-12H,4,6-8H2,1H3. The molecule has 2 heterocycles. The second-order valence-electron chi connectivity index (χ2n) is 4.18. The summed E-state index contributed by atoms with van der Waals surface area (Å²) in [6.45, 7) is 2.47. The van der Waals surface area contributed by atoms with Gasteiger partial charge in [0.05, 0.1) is 0 Å². The van der Waals surface area contributed by atoms with Crippen molar-refractivity contribution in [1.29, 1.82) is 0 Å². The van der Waals surface area contributed by atoms with E-state index in [9.17, 15) is 8.42 Å². The molecule has 2 rings (SSSR count). The highest BCUT2D eigenvalue weighted by Crippen LogP contribution is 2.15. The lowest BCUT2D eigenvalue weighted by Crippen LogP contribution is -2.32. The van der Waals surface area contributed by atoms with Gasteiger partial charge >= 0.3 is 0 Å². The van der Waals surface area contributed by atoms with E-state index >= 15 is 0 Å². The van der Waals surface area contributed by atoms with Gasteiger partial charge in [0.25, 0.3) is 10.0 Å². The van der Waals surface area contributed by atoms with Gasteiger partial charge in [-0.1, -0.05) is 0 Å². The molecule has 0 aromatic carbocycles. The zero-order chi connectivity index (χ0) is 11.6. The molecule has 1 aliphatic heterocycles. The van der Waals surface area contributed by atoms with Crippen molar-refractivity contribution >= 4 is 10.0 Å². The van der Waals surface area contributed by atoms with Gasteiger partial charge in [-0.25, -0.2) is 8.42 Å². The molecule has 0 aliphatic carbocycles. The quantitative estimate of drug-likeness (QED) is 0.796. The molecule has 1 fully saturated rings. The molecule has 1 saturated heterocycles. The summed E-state index contributed by atoms with van der Waals surface area (Å²) >= 11 is 0. The van der Waals surface area contributed by atoms with Crippen LogP contribution in [0.25, 0.3) is 0 Å². The Hall–Kier alpha value is -0.850. The molecule has 90 valence electrons. The Kier molecular flexibility index (Phi) is 3.32. The normalized spacial score (nSPS) is 21.8. The molecule has 0 spiro atoms. The van der Waals surface area contributed by atoms with Crippen LogP contribution in [0.2, 0.25) is 0 Å². The van der Waals surface area contributed by atoms with E-state index in [2.05, 4.69) is 10.3 Å². The Morgan fingerprint density at radius 3 is 2.94 bits per heavy atom. The minimum atomic E-state index is -3.33. The highest BCUT2D eigenvalue weighted by Gasteiger charge is 2.25. The number of hydrogen-bond acceptors (Lipinski definition) is 3. The Balaban J connectivity index is 2.06. The van der Waals surface area contributed by atoms with E-state index in [1.807, 2.05) is 0 Å². The van der Waals surface area contributed by atoms with E-state index in [1.165, 1.54) is 4.31 Å². The van der Waals surface area contributed by atoms with Crippen LogP contribution in [0.4, 0.5) is 0 Å². The van der Waals surface area contributed by atoms with Crippen LogP contribution in [0.3, 0.4) is 0 Å². The number of nitrogens with one attached hydrogen (secondary N) is 2. The highest BCUT2D eigenvalue weighted by atomic mass is 32.2. The summed E-state index contributed by atoms with van der Waals surface area (Å²) in [5.41, 5.74) is 0. The van der Waals surface area contributed by atoms with E-state index in [1.54, 1.807) is 25.4 Å². The molecule has 1 aliphatic rings. The maximum absolute atomic E-state index is 12.1. The smallest absolute Gasteiger partial charge is 0.258 e. The first kappa shape index (κ1) is 11.6. The first-order chi connectivity index (χ1) is 7.60. The summed E-state index contributed by atoms with van der Waals surface area (Å²) in [5, 5.41) is 3.50. The minimum absolute atomic E-state index is 0.265. The van der Waals surface area contributed by atoms with Gasteiger partial charge in [0.2, 0.25) is 0 Å². The number of hydrogen-bond donors (Lipinski definition) is 2. The fraction of sp³-hybridized carbons (Fsp3) is 0.600. The summed E-state index contributed by atoms with van der Waals surface area (Å²) in [6.07, 6.45) is 2.67. The Morgan fingerprint density at radius 2 is 2.38 bits per heavy atom. The zero-order valence-corrected chi connectivity index (χ0v) is 10.1. The van der Waals surface area contributed by atoms with E-state index < -0.39 is 10.0 Å². The molecule has 16 heavy (non-hydrogen) atoms. The summed E-state index contributed by atoms with van der Waals surface area (Å²) in [7, 11) is -1.70. The van der Waals surface area contributed by atoms with Gasteiger partial charge in [-0.05, 0) is 37.6 Å². The van der Waals surface area contributed by atoms with Crippen LogP contribution in [-0.2, 0) is 10.0 Å². The number of nitrogens with zero attached hydrogens (tertiary/aromatic N) is 1. The van der Waals surface area contributed by atoms with Crippen molar-refractivity contribution in [3.05, 3.63) is 18.3 Å². The first-order valence-corrected chi connectivity index (χ1v) is 6.85. The highest BCUT2D eigenvalue weighted by molar-refractivity contribution is 7.89. The van der Waals surface area contributed by atoms with Crippen LogP contribution >= 0.6 is 0 Å². The largest absolute Gasteiger partial charge is 0.351 e. The topological polar surface area (TPSA) is 65.2 Å². The van der Waals surface area contributed by atoms with Crippen LogP contribution in [0.1, 0.15) is 6.42 Å². The maximum atomic E-state index is 12.1. The molecule has 0 bridgehead atoms. The van der Waals surface area contributed by atoms with Crippen LogP contribution in [0.15, 0.2) is 23.4 Å². The van der Waals surface area contributed by atoms with Crippen molar-refractivity contribution in [2.24, 2.45) is 5.92 Å². The van der Waals surface area contributed by atoms with Crippen molar-refractivity contribution in [1.82, 2.24) is 14.6 Å². The Labute approximate surface area is 95.9 Å². The van der Waals surface area contributed by atoms with Gasteiger partial charge in [0, 0.05) is 19.8 Å². The minimum Gasteiger partial charge on any atom is -0.351 e. The molecular weight excluding hydrogens is 226 g/mol. The Bertz CT molecular complexity index is 421. The van der Waals surface area contributed by atoms with Crippen LogP contribution in [0, 0.1) is 5.92 Å². The van der Waals surface area contributed by atoms with Gasteiger partial charge in [-0.15, -0.1) is 0 Å². The van der Waals surface area contributed by atoms with Crippen LogP contribution in [-0.4, -0.2) is 44.4 Å². The molecule has 1 atom stereocenters. The number of aromatic nitrogens is 1. The summed E-state index contributed by atoms with van der Waals surface area (Å²) in [6, 6.07) is 3.27. The summed E-state index contributed by atoms with van der Waals surface area (Å²) < 4.78 is 25.5. The predicted molar refractivity (Wildman–Crippen MR) is 61.6 cm³/mol. The molecule has 1 aromatic heterocycles. The van der Waals surface area contributed by atoms with Crippen molar-refractivity contribution in [2.45, 2.75) is 11.4 Å². The molecule has 6 heteroatoms. The molecule has 1 unspecified atom stereocenters. The summed E-state index contributed by atoms with van der Waals surface area (Å²) in [5.74, 6) is 0.426. The Morgan fingerprint density at radius 1 is 1.56 bits per heavy atom. The maximum Gasteiger partial charge on any atom is 0.258 e. The molecule has 0 saturated carbocycles. The lowest BCUT2D eigenvalue weighted by atomic mass is 10.1. The summed E-state index contributed by atoms with van der Waals surface area (Å²) in [4.78, 5) is 2.74. The number of aromatic amines is 1. The third kappa shape index (κ3) is 2.28. The number of rotatable bonds is 4. The van der Waals surface area contributed by atoms with Gasteiger partial charge in [-0.3, -0.25) is 0 Å². The van der Waals surface area contributed by atoms with E-state index in [0.717, 1.165) is 19.5 Å². The second kappa shape index (κ2) is 4.57. The van der Waals surface area contributed by atoms with Crippen LogP contribution in [0.5, 0.6) is 0 Å². The van der Waals surface area contributed by atoms with Crippen molar-refractivity contribution in [3.8, 4) is 0 Å². The van der Waals surface area contributed by atoms with Gasteiger partial charge in [0.15, 0.2) is 0 Å². The lowest BCUT2D eigenvalue weighted by Gasteiger charge is -2.19. The fourth-order valence-corrected chi connectivity index (χ4v) is 3.18. The molecule has 1 aromatic rings. The van der Waals surface area contributed by atoms with Gasteiger partial charge < -0.3 is 10.3 Å². The second-order valence-corrected chi connectivity index (χ2v) is 6.19. The average molecular weight is 243 g/mol. The van der Waals surface area contributed by atoms with Crippen molar-refractivity contribution in [3.63, 3.8) is 0 Å². The molecule has 5 nitrogen and oxygen atoms in total. The van der Waals surface area contributed by atoms with E-state index in [4.69, 9.17) is 0 Å². The molecular formula is C10H17N3O2S. The van der Waals surface area contributed by atoms with Crippen LogP contribution < -0.4 is 5.32 Å². The van der Waals surface area contributed by atoms with Crippen molar-refractivity contribution < 1.29 is 8.42 Å². The first-order valence-electron chi connectivity index (χ1n) is 5.41. The molecule has 0 radical (unpaired) electrons. The predicted octanol–water partition coefficient (Wildman–Crippen LogP) is 0.245. The number of sulfonamides is 1. The monoisotopic (exact) mass is 243 g/mol. The van der Waals surface area contributed by atoms with Gasteiger partial charge in [0.1, 0.15) is 5.03 Å². The SMILES string of the molecule is CN(CC1CCNC1)S(=O)(=O)c1ccc[nH]1.